The van der Waals surface area contributed by atoms with Gasteiger partial charge in [-0.1, -0.05) is 24.3 Å². The van der Waals surface area contributed by atoms with Crippen molar-refractivity contribution in [1.29, 1.82) is 0 Å². The Labute approximate surface area is 190 Å². The highest BCUT2D eigenvalue weighted by Crippen LogP contribution is 2.33. The molecule has 5 nitrogen and oxygen atoms in total. The molecule has 0 unspecified atom stereocenters. The van der Waals surface area contributed by atoms with Crippen LogP contribution < -0.4 is 10.0 Å². The summed E-state index contributed by atoms with van der Waals surface area (Å²) < 4.78 is 28.7. The van der Waals surface area contributed by atoms with Gasteiger partial charge < -0.3 is 5.32 Å². The van der Waals surface area contributed by atoms with E-state index in [0.29, 0.717) is 10.8 Å². The van der Waals surface area contributed by atoms with Crippen LogP contribution in [-0.4, -0.2) is 20.9 Å². The number of fused-ring (bicyclic) bond motifs is 1. The van der Waals surface area contributed by atoms with Gasteiger partial charge in [0.15, 0.2) is 0 Å². The fourth-order valence-electron chi connectivity index (χ4n) is 4.56. The van der Waals surface area contributed by atoms with Crippen molar-refractivity contribution in [2.75, 3.05) is 6.54 Å². The second-order valence-corrected chi connectivity index (χ2v) is 12.7. The van der Waals surface area contributed by atoms with Crippen molar-refractivity contribution in [1.82, 2.24) is 10.0 Å². The number of aryl methyl sites for hydroxylation is 1. The molecule has 1 atom stereocenters. The Morgan fingerprint density at radius 3 is 2.57 bits per heavy atom. The van der Waals surface area contributed by atoms with Gasteiger partial charge in [-0.05, 0) is 90.1 Å². The normalized spacial score (nSPS) is 24.2. The van der Waals surface area contributed by atoms with E-state index in [1.54, 1.807) is 12.1 Å². The summed E-state index contributed by atoms with van der Waals surface area (Å²) in [6.45, 7) is 0.433. The fraction of sp³-hybridized carbons (Fsp3) is 0.500. The van der Waals surface area contributed by atoms with Crippen LogP contribution in [0.4, 0.5) is 0 Å². The van der Waals surface area contributed by atoms with Gasteiger partial charge in [0, 0.05) is 12.5 Å². The van der Waals surface area contributed by atoms with E-state index in [2.05, 4.69) is 44.2 Å². The molecular formula is C22H27BrN2O3S2. The van der Waals surface area contributed by atoms with Crippen molar-refractivity contribution in [2.45, 2.75) is 55.2 Å². The van der Waals surface area contributed by atoms with Crippen molar-refractivity contribution in [3.8, 4) is 0 Å². The molecule has 1 aromatic heterocycles. The van der Waals surface area contributed by atoms with Crippen molar-refractivity contribution >= 4 is 43.2 Å². The molecule has 0 aliphatic heterocycles. The molecule has 162 valence electrons. The maximum absolute atomic E-state index is 12.9. The van der Waals surface area contributed by atoms with E-state index in [4.69, 9.17) is 0 Å². The number of nitrogens with one attached hydrogen (secondary N) is 2. The van der Waals surface area contributed by atoms with E-state index in [1.807, 2.05) is 6.07 Å². The van der Waals surface area contributed by atoms with Crippen LogP contribution in [0.3, 0.4) is 0 Å². The Hall–Kier alpha value is -1.22. The molecule has 2 aliphatic carbocycles. The lowest BCUT2D eigenvalue weighted by molar-refractivity contribution is -0.127. The van der Waals surface area contributed by atoms with Gasteiger partial charge in [-0.2, -0.15) is 0 Å². The molecule has 1 fully saturated rings. The zero-order valence-electron chi connectivity index (χ0n) is 16.8. The summed E-state index contributed by atoms with van der Waals surface area (Å²) in [6, 6.07) is 11.9. The second-order valence-electron chi connectivity index (χ2n) is 8.28. The van der Waals surface area contributed by atoms with Gasteiger partial charge in [-0.25, -0.2) is 13.1 Å². The molecule has 0 saturated heterocycles. The molecule has 1 saturated carbocycles. The predicted octanol–water partition coefficient (Wildman–Crippen LogP) is 4.79. The average molecular weight is 512 g/mol. The molecule has 2 aromatic rings. The van der Waals surface area contributed by atoms with Crippen molar-refractivity contribution in [3.05, 3.63) is 51.3 Å². The van der Waals surface area contributed by atoms with Gasteiger partial charge in [0.2, 0.25) is 15.9 Å². The van der Waals surface area contributed by atoms with Gasteiger partial charge in [0.25, 0.3) is 0 Å². The molecule has 8 heteroatoms. The van der Waals surface area contributed by atoms with Crippen LogP contribution in [-0.2, 0) is 21.2 Å². The number of hydrogen-bond donors (Lipinski definition) is 2. The Morgan fingerprint density at radius 1 is 1.07 bits per heavy atom. The predicted molar refractivity (Wildman–Crippen MR) is 123 cm³/mol. The van der Waals surface area contributed by atoms with Crippen LogP contribution in [0.1, 0.15) is 55.7 Å². The van der Waals surface area contributed by atoms with Crippen molar-refractivity contribution < 1.29 is 13.2 Å². The van der Waals surface area contributed by atoms with E-state index in [9.17, 15) is 13.2 Å². The van der Waals surface area contributed by atoms with Crippen LogP contribution in [0.15, 0.2) is 44.4 Å². The van der Waals surface area contributed by atoms with Crippen molar-refractivity contribution in [2.24, 2.45) is 11.8 Å². The van der Waals surface area contributed by atoms with Crippen LogP contribution in [0, 0.1) is 11.8 Å². The molecule has 4 rings (SSSR count). The second kappa shape index (κ2) is 9.51. The monoisotopic (exact) mass is 510 g/mol. The van der Waals surface area contributed by atoms with Crippen molar-refractivity contribution in [3.63, 3.8) is 0 Å². The maximum Gasteiger partial charge on any atom is 0.250 e. The number of benzene rings is 1. The molecule has 1 aromatic carbocycles. The fourth-order valence-corrected chi connectivity index (χ4v) is 7.73. The van der Waals surface area contributed by atoms with E-state index >= 15 is 0 Å². The summed E-state index contributed by atoms with van der Waals surface area (Å²) >= 11 is 4.52. The van der Waals surface area contributed by atoms with E-state index in [0.717, 1.165) is 48.7 Å². The Bertz CT molecular complexity index is 997. The number of amides is 1. The quantitative estimate of drug-likeness (QED) is 0.586. The van der Waals surface area contributed by atoms with Gasteiger partial charge in [0.1, 0.15) is 4.21 Å². The zero-order chi connectivity index (χ0) is 21.1. The Morgan fingerprint density at radius 2 is 1.83 bits per heavy atom. The first-order chi connectivity index (χ1) is 14.4. The lowest BCUT2D eigenvalue weighted by Crippen LogP contribution is -2.38. The summed E-state index contributed by atoms with van der Waals surface area (Å²) in [7, 11) is -3.46. The minimum atomic E-state index is -3.46. The van der Waals surface area contributed by atoms with E-state index < -0.39 is 10.0 Å². The number of carbonyl (C=O) groups is 1. The van der Waals surface area contributed by atoms with Gasteiger partial charge in [0.05, 0.1) is 9.83 Å². The first kappa shape index (κ1) is 22.0. The highest BCUT2D eigenvalue weighted by atomic mass is 79.9. The smallest absolute Gasteiger partial charge is 0.250 e. The van der Waals surface area contributed by atoms with Crippen LogP contribution >= 0.6 is 27.3 Å². The first-order valence-electron chi connectivity index (χ1n) is 10.6. The van der Waals surface area contributed by atoms with E-state index in [-0.39, 0.29) is 23.8 Å². The topological polar surface area (TPSA) is 75.3 Å². The number of sulfonamides is 1. The number of thiophene rings is 1. The number of halogens is 1. The maximum atomic E-state index is 12.9. The van der Waals surface area contributed by atoms with Crippen LogP contribution in [0.5, 0.6) is 0 Å². The van der Waals surface area contributed by atoms with Gasteiger partial charge >= 0.3 is 0 Å². The lowest BCUT2D eigenvalue weighted by atomic mass is 9.81. The summed E-state index contributed by atoms with van der Waals surface area (Å²) in [6.07, 6.45) is 6.57. The molecular weight excluding hydrogens is 484 g/mol. The number of rotatable bonds is 6. The highest BCUT2D eigenvalue weighted by molar-refractivity contribution is 9.11. The molecule has 30 heavy (non-hydrogen) atoms. The third-order valence-electron chi connectivity index (χ3n) is 6.28. The van der Waals surface area contributed by atoms with Gasteiger partial charge in [-0.15, -0.1) is 11.3 Å². The van der Waals surface area contributed by atoms with Gasteiger partial charge in [-0.3, -0.25) is 4.79 Å². The molecule has 2 aliphatic rings. The zero-order valence-corrected chi connectivity index (χ0v) is 20.0. The Kier molecular flexibility index (Phi) is 6.97. The minimum Gasteiger partial charge on any atom is -0.349 e. The molecule has 0 radical (unpaired) electrons. The molecule has 0 spiro atoms. The summed E-state index contributed by atoms with van der Waals surface area (Å²) in [4.78, 5) is 12.9. The minimum absolute atomic E-state index is 0.0280. The summed E-state index contributed by atoms with van der Waals surface area (Å²) in [5.41, 5.74) is 2.61. The summed E-state index contributed by atoms with van der Waals surface area (Å²) in [5.74, 6) is 0.460. The lowest BCUT2D eigenvalue weighted by Gasteiger charge is -2.31. The summed E-state index contributed by atoms with van der Waals surface area (Å²) in [5, 5.41) is 3.29. The molecule has 1 amide bonds. The number of carbonyl (C=O) groups excluding carboxylic acids is 1. The largest absolute Gasteiger partial charge is 0.349 e. The third kappa shape index (κ3) is 5.15. The van der Waals surface area contributed by atoms with Crippen LogP contribution in [0.2, 0.25) is 0 Å². The standard InChI is InChI=1S/C22H27BrN2O3S2/c23-20-12-13-21(29-20)30(27,28)24-14-15-8-10-17(11-9-15)22(26)25-19-7-3-5-16-4-1-2-6-18(16)19/h1-2,4,6,12-13,15,17,19,24H,3,5,7-11,14H2,(H,25,26)/t15?,17?,19-/m0/s1. The van der Waals surface area contributed by atoms with E-state index in [1.165, 1.54) is 22.5 Å². The SMILES string of the molecule is O=C(N[C@H]1CCCc2ccccc21)C1CCC(CNS(=O)(=O)c2ccc(Br)s2)CC1. The molecule has 1 heterocycles. The average Bonchev–Trinajstić information content (AvgIpc) is 3.20. The molecule has 0 bridgehead atoms. The Balaban J connectivity index is 1.26. The first-order valence-corrected chi connectivity index (χ1v) is 13.6. The highest BCUT2D eigenvalue weighted by Gasteiger charge is 2.30. The van der Waals surface area contributed by atoms with Crippen LogP contribution in [0.25, 0.3) is 0 Å². The molecule has 2 N–H and O–H groups in total. The third-order valence-corrected chi connectivity index (χ3v) is 9.82. The number of hydrogen-bond acceptors (Lipinski definition) is 4.